The first-order valence-corrected chi connectivity index (χ1v) is 11.0. The number of hydrogen-bond donors (Lipinski definition) is 0. The van der Waals surface area contributed by atoms with Crippen LogP contribution < -0.4 is 0 Å². The molecule has 0 heterocycles. The molecule has 0 bridgehead atoms. The normalized spacial score (nSPS) is 18.9. The van der Waals surface area contributed by atoms with Crippen molar-refractivity contribution in [3.8, 4) is 0 Å². The van der Waals surface area contributed by atoms with Crippen LogP contribution in [0.2, 0.25) is 0 Å². The molecular weight excluding hydrogens is 358 g/mol. The molecule has 3 aromatic rings. The van der Waals surface area contributed by atoms with E-state index in [-0.39, 0.29) is 4.75 Å². The summed E-state index contributed by atoms with van der Waals surface area (Å²) in [5.41, 5.74) is 5.17. The molecule has 0 spiro atoms. The van der Waals surface area contributed by atoms with E-state index in [9.17, 15) is 0 Å². The minimum Gasteiger partial charge on any atom is -0.224 e. The Morgan fingerprint density at radius 1 is 0.714 bits per heavy atom. The van der Waals surface area contributed by atoms with Gasteiger partial charge in [-0.1, -0.05) is 104 Å². The fourth-order valence-corrected chi connectivity index (χ4v) is 5.36. The van der Waals surface area contributed by atoms with Crippen molar-refractivity contribution in [2.24, 2.45) is 10.3 Å². The molecule has 1 aliphatic carbocycles. The second kappa shape index (κ2) is 8.79. The summed E-state index contributed by atoms with van der Waals surface area (Å²) >= 11 is 1.73. The Bertz CT molecular complexity index is 806. The van der Waals surface area contributed by atoms with E-state index in [1.165, 1.54) is 41.7 Å². The monoisotopic (exact) mass is 385 g/mol. The Morgan fingerprint density at radius 2 is 1.18 bits per heavy atom. The highest BCUT2D eigenvalue weighted by Gasteiger charge is 2.38. The van der Waals surface area contributed by atoms with E-state index in [0.717, 1.165) is 6.42 Å². The van der Waals surface area contributed by atoms with Crippen LogP contribution in [-0.4, -0.2) is 5.71 Å². The zero-order chi connectivity index (χ0) is 19.2. The maximum absolute atomic E-state index is 5.20. The molecule has 0 saturated heterocycles. The fraction of sp³-hybridized carbons (Fsp3) is 0.269. The van der Waals surface area contributed by atoms with Crippen molar-refractivity contribution in [2.75, 3.05) is 0 Å². The molecule has 0 aromatic heterocycles. The molecule has 0 N–H and O–H groups in total. The summed E-state index contributed by atoms with van der Waals surface area (Å²) in [4.78, 5) is 0. The molecule has 0 aliphatic heterocycles. The van der Waals surface area contributed by atoms with Crippen LogP contribution in [0.3, 0.4) is 0 Å². The summed E-state index contributed by atoms with van der Waals surface area (Å²) in [6.45, 7) is 2.33. The lowest BCUT2D eigenvalue weighted by molar-refractivity contribution is 0.561. The molecule has 1 saturated carbocycles. The third kappa shape index (κ3) is 3.79. The van der Waals surface area contributed by atoms with E-state index in [0.29, 0.717) is 5.92 Å². The molecule has 1 aliphatic rings. The maximum atomic E-state index is 5.20. The molecule has 2 heteroatoms. The van der Waals surface area contributed by atoms with Crippen LogP contribution in [0.4, 0.5) is 0 Å². The van der Waals surface area contributed by atoms with Gasteiger partial charge in [-0.3, -0.25) is 0 Å². The third-order valence-corrected chi connectivity index (χ3v) is 7.04. The van der Waals surface area contributed by atoms with Gasteiger partial charge in [-0.05, 0) is 53.8 Å². The van der Waals surface area contributed by atoms with Crippen molar-refractivity contribution in [1.82, 2.24) is 0 Å². The lowest BCUT2D eigenvalue weighted by atomic mass is 9.84. The molecular formula is C26H27NS. The summed E-state index contributed by atoms with van der Waals surface area (Å²) in [7, 11) is 0. The molecule has 3 aromatic carbocycles. The number of benzene rings is 3. The molecule has 4 rings (SSSR count). The third-order valence-electron chi connectivity index (χ3n) is 5.73. The zero-order valence-electron chi connectivity index (χ0n) is 16.4. The van der Waals surface area contributed by atoms with Crippen molar-refractivity contribution in [3.63, 3.8) is 0 Å². The second-order valence-electron chi connectivity index (χ2n) is 7.60. The van der Waals surface area contributed by atoms with Gasteiger partial charge < -0.3 is 0 Å². The first-order valence-electron chi connectivity index (χ1n) is 10.2. The first kappa shape index (κ1) is 19.0. The summed E-state index contributed by atoms with van der Waals surface area (Å²) in [6, 6.07) is 32.5. The minimum atomic E-state index is -0.353. The Kier molecular flexibility index (Phi) is 5.97. The maximum Gasteiger partial charge on any atom is 0.112 e. The first-order chi connectivity index (χ1) is 13.8. The van der Waals surface area contributed by atoms with Gasteiger partial charge in [0, 0.05) is 5.71 Å². The molecule has 1 atom stereocenters. The van der Waals surface area contributed by atoms with Gasteiger partial charge in [-0.15, -0.1) is 0 Å². The highest BCUT2D eigenvalue weighted by molar-refractivity contribution is 7.99. The van der Waals surface area contributed by atoms with Crippen LogP contribution in [-0.2, 0) is 4.75 Å². The largest absolute Gasteiger partial charge is 0.224 e. The van der Waals surface area contributed by atoms with E-state index in [2.05, 4.69) is 97.9 Å². The van der Waals surface area contributed by atoms with Gasteiger partial charge in [0.15, 0.2) is 0 Å². The Hall–Kier alpha value is -2.32. The van der Waals surface area contributed by atoms with Gasteiger partial charge in [0.2, 0.25) is 0 Å². The number of hydrogen-bond acceptors (Lipinski definition) is 2. The minimum absolute atomic E-state index is 0.353. The molecule has 0 radical (unpaired) electrons. The molecule has 28 heavy (non-hydrogen) atoms. The van der Waals surface area contributed by atoms with E-state index in [1.54, 1.807) is 11.9 Å². The molecule has 1 nitrogen and oxygen atoms in total. The Morgan fingerprint density at radius 3 is 1.61 bits per heavy atom. The van der Waals surface area contributed by atoms with Gasteiger partial charge in [0.1, 0.15) is 4.75 Å². The van der Waals surface area contributed by atoms with Crippen LogP contribution in [0.25, 0.3) is 0 Å². The second-order valence-corrected chi connectivity index (χ2v) is 8.58. The van der Waals surface area contributed by atoms with Gasteiger partial charge in [-0.2, -0.15) is 0 Å². The fourth-order valence-electron chi connectivity index (χ4n) is 4.11. The molecule has 0 unspecified atom stereocenters. The molecule has 1 fully saturated rings. The topological polar surface area (TPSA) is 12.4 Å². The summed E-state index contributed by atoms with van der Waals surface area (Å²) in [5.74, 6) is 0.585. The SMILES string of the molecule is C[C@H]1CCCCC1=NSC(c1ccccc1)(c1ccccc1)c1ccccc1. The lowest BCUT2D eigenvalue weighted by Gasteiger charge is -2.34. The van der Waals surface area contributed by atoms with Gasteiger partial charge in [0.25, 0.3) is 0 Å². The van der Waals surface area contributed by atoms with E-state index in [1.807, 2.05) is 0 Å². The zero-order valence-corrected chi connectivity index (χ0v) is 17.2. The van der Waals surface area contributed by atoms with Crippen LogP contribution in [0, 0.1) is 5.92 Å². The lowest BCUT2D eigenvalue weighted by Crippen LogP contribution is -2.25. The van der Waals surface area contributed by atoms with Crippen LogP contribution in [0.5, 0.6) is 0 Å². The average Bonchev–Trinajstić information content (AvgIpc) is 2.78. The van der Waals surface area contributed by atoms with Crippen molar-refractivity contribution in [3.05, 3.63) is 108 Å². The van der Waals surface area contributed by atoms with Gasteiger partial charge in [-0.25, -0.2) is 4.40 Å². The predicted octanol–water partition coefficient (Wildman–Crippen LogP) is 7.28. The number of rotatable bonds is 5. The standard InChI is InChI=1S/C26H27NS/c1-21-13-11-12-20-25(21)27-28-26(22-14-5-2-6-15-22,23-16-7-3-8-17-23)24-18-9-4-10-19-24/h2-10,14-19,21H,11-13,20H2,1H3/t21-/m0/s1. The molecule has 0 amide bonds. The van der Waals surface area contributed by atoms with E-state index < -0.39 is 0 Å². The van der Waals surface area contributed by atoms with Crippen molar-refractivity contribution >= 4 is 17.7 Å². The van der Waals surface area contributed by atoms with Crippen molar-refractivity contribution < 1.29 is 0 Å². The van der Waals surface area contributed by atoms with Crippen LogP contribution >= 0.6 is 11.9 Å². The quantitative estimate of drug-likeness (QED) is 0.332. The Balaban J connectivity index is 1.89. The average molecular weight is 386 g/mol. The van der Waals surface area contributed by atoms with Crippen LogP contribution in [0.15, 0.2) is 95.4 Å². The van der Waals surface area contributed by atoms with Crippen molar-refractivity contribution in [2.45, 2.75) is 37.4 Å². The summed E-state index contributed by atoms with van der Waals surface area (Å²) in [5, 5.41) is 0. The van der Waals surface area contributed by atoms with Crippen molar-refractivity contribution in [1.29, 1.82) is 0 Å². The van der Waals surface area contributed by atoms with Gasteiger partial charge in [0.05, 0.1) is 0 Å². The molecule has 142 valence electrons. The number of nitrogens with zero attached hydrogens (tertiary/aromatic N) is 1. The smallest absolute Gasteiger partial charge is 0.112 e. The summed E-state index contributed by atoms with van der Waals surface area (Å²) < 4.78 is 4.85. The van der Waals surface area contributed by atoms with Crippen LogP contribution in [0.1, 0.15) is 49.3 Å². The summed E-state index contributed by atoms with van der Waals surface area (Å²) in [6.07, 6.45) is 4.97. The Labute approximate surface area is 173 Å². The van der Waals surface area contributed by atoms with Gasteiger partial charge >= 0.3 is 0 Å². The van der Waals surface area contributed by atoms with E-state index in [4.69, 9.17) is 4.40 Å². The van der Waals surface area contributed by atoms with E-state index >= 15 is 0 Å². The highest BCUT2D eigenvalue weighted by atomic mass is 32.2. The highest BCUT2D eigenvalue weighted by Crippen LogP contribution is 2.49. The predicted molar refractivity (Wildman–Crippen MR) is 122 cm³/mol.